The molecule has 0 aromatic carbocycles. The van der Waals surface area contributed by atoms with Gasteiger partial charge in [-0.1, -0.05) is 0 Å². The zero-order chi connectivity index (χ0) is 13.0. The van der Waals surface area contributed by atoms with Crippen molar-refractivity contribution < 1.29 is 19.8 Å². The zero-order valence-corrected chi connectivity index (χ0v) is 10.3. The highest BCUT2D eigenvalue weighted by molar-refractivity contribution is 5.88. The van der Waals surface area contributed by atoms with E-state index in [2.05, 4.69) is 0 Å². The van der Waals surface area contributed by atoms with E-state index in [1.165, 1.54) is 0 Å². The molecule has 0 aliphatic heterocycles. The minimum atomic E-state index is -1.31. The Hall–Kier alpha value is -1.14. The van der Waals surface area contributed by atoms with Crippen molar-refractivity contribution in [3.8, 4) is 0 Å². The van der Waals surface area contributed by atoms with Crippen LogP contribution < -0.4 is 0 Å². The van der Waals surface area contributed by atoms with Gasteiger partial charge >= 0.3 is 11.9 Å². The molecule has 0 atom stereocenters. The smallest absolute Gasteiger partial charge is 0.314 e. The number of carboxylic acid groups (broad SMARTS) is 2. The summed E-state index contributed by atoms with van der Waals surface area (Å²) < 4.78 is 0. The summed E-state index contributed by atoms with van der Waals surface area (Å²) in [6.07, 6.45) is -0.806. The first-order valence-corrected chi connectivity index (χ1v) is 4.25. The number of nitrogens with zero attached hydrogens (tertiary/aromatic N) is 2. The Kier molecular flexibility index (Phi) is 16.7. The first kappa shape index (κ1) is 19.4. The predicted molar refractivity (Wildman–Crippen MR) is 59.1 cm³/mol. The number of rotatable bonds is 2. The molecular formula is C9H22N2O4. The van der Waals surface area contributed by atoms with Gasteiger partial charge in [0.05, 0.1) is 0 Å². The lowest BCUT2D eigenvalue weighted by Gasteiger charge is -1.90. The third-order valence-electron chi connectivity index (χ3n) is 0.302. The molecule has 0 heterocycles. The van der Waals surface area contributed by atoms with Gasteiger partial charge in [0.2, 0.25) is 0 Å². The summed E-state index contributed by atoms with van der Waals surface area (Å²) in [5, 5.41) is 15.4. The van der Waals surface area contributed by atoms with Crippen LogP contribution >= 0.6 is 0 Å². The van der Waals surface area contributed by atoms with Gasteiger partial charge in [-0.25, -0.2) is 0 Å². The van der Waals surface area contributed by atoms with Gasteiger partial charge in [-0.3, -0.25) is 9.59 Å². The monoisotopic (exact) mass is 222 g/mol. The summed E-state index contributed by atoms with van der Waals surface area (Å²) in [7, 11) is 12.0. The number of carboxylic acids is 2. The van der Waals surface area contributed by atoms with Crippen LogP contribution in [-0.2, 0) is 9.59 Å². The third kappa shape index (κ3) is 185. The molecule has 0 spiro atoms. The number of hydrogen-bond acceptors (Lipinski definition) is 4. The summed E-state index contributed by atoms with van der Waals surface area (Å²) >= 11 is 0. The normalized spacial score (nSPS) is 8.53. The van der Waals surface area contributed by atoms with E-state index in [1.54, 1.807) is 0 Å². The maximum atomic E-state index is 9.43. The summed E-state index contributed by atoms with van der Waals surface area (Å²) in [6, 6.07) is 0. The molecule has 0 radical (unpaired) electrons. The van der Waals surface area contributed by atoms with E-state index in [0.29, 0.717) is 0 Å². The SMILES string of the molecule is CN(C)C.CN(C)C.O=C(O)CC(=O)O. The first-order valence-electron chi connectivity index (χ1n) is 4.25. The van der Waals surface area contributed by atoms with Crippen LogP contribution in [0.4, 0.5) is 0 Å². The second-order valence-electron chi connectivity index (χ2n) is 3.65. The van der Waals surface area contributed by atoms with Crippen molar-refractivity contribution in [3.63, 3.8) is 0 Å². The highest BCUT2D eigenvalue weighted by Crippen LogP contribution is 1.74. The Labute approximate surface area is 91.1 Å². The molecule has 0 unspecified atom stereocenters. The first-order chi connectivity index (χ1) is 6.59. The van der Waals surface area contributed by atoms with Gasteiger partial charge in [0.15, 0.2) is 0 Å². The summed E-state index contributed by atoms with van der Waals surface area (Å²) in [6.45, 7) is 0. The molecule has 0 saturated carbocycles. The molecule has 2 N–H and O–H groups in total. The molecule has 6 heteroatoms. The van der Waals surface area contributed by atoms with E-state index >= 15 is 0 Å². The van der Waals surface area contributed by atoms with Crippen LogP contribution in [0.3, 0.4) is 0 Å². The van der Waals surface area contributed by atoms with E-state index in [9.17, 15) is 9.59 Å². The van der Waals surface area contributed by atoms with Gasteiger partial charge in [0, 0.05) is 0 Å². The van der Waals surface area contributed by atoms with Gasteiger partial charge in [-0.2, -0.15) is 0 Å². The van der Waals surface area contributed by atoms with Crippen molar-refractivity contribution in [2.24, 2.45) is 0 Å². The molecule has 0 aromatic heterocycles. The molecule has 0 amide bonds. The van der Waals surface area contributed by atoms with Crippen LogP contribution in [-0.4, -0.2) is 74.2 Å². The Morgan fingerprint density at radius 1 is 0.800 bits per heavy atom. The predicted octanol–water partition coefficient (Wildman–Crippen LogP) is -0.0987. The van der Waals surface area contributed by atoms with Gasteiger partial charge in [-0.05, 0) is 42.3 Å². The highest BCUT2D eigenvalue weighted by atomic mass is 16.4. The van der Waals surface area contributed by atoms with Gasteiger partial charge in [-0.15, -0.1) is 0 Å². The molecule has 0 aliphatic rings. The lowest BCUT2D eigenvalue weighted by molar-refractivity contribution is -0.147. The third-order valence-corrected chi connectivity index (χ3v) is 0.302. The van der Waals surface area contributed by atoms with Crippen LogP contribution in [0.15, 0.2) is 0 Å². The molecular weight excluding hydrogens is 200 g/mol. The Morgan fingerprint density at radius 3 is 0.933 bits per heavy atom. The van der Waals surface area contributed by atoms with E-state index in [4.69, 9.17) is 10.2 Å². The number of hydrogen-bond donors (Lipinski definition) is 2. The second-order valence-corrected chi connectivity index (χ2v) is 3.65. The van der Waals surface area contributed by atoms with Crippen molar-refractivity contribution in [2.75, 3.05) is 42.3 Å². The molecule has 0 saturated heterocycles. The fourth-order valence-electron chi connectivity index (χ4n) is 0.129. The van der Waals surface area contributed by atoms with Gasteiger partial charge in [0.1, 0.15) is 6.42 Å². The maximum Gasteiger partial charge on any atom is 0.314 e. The molecule has 0 fully saturated rings. The molecule has 92 valence electrons. The summed E-state index contributed by atoms with van der Waals surface area (Å²) in [5.74, 6) is -2.62. The highest BCUT2D eigenvalue weighted by Gasteiger charge is 2.01. The fourth-order valence-corrected chi connectivity index (χ4v) is 0.129. The largest absolute Gasteiger partial charge is 0.481 e. The Morgan fingerprint density at radius 2 is 0.933 bits per heavy atom. The van der Waals surface area contributed by atoms with Crippen molar-refractivity contribution in [2.45, 2.75) is 6.42 Å². The standard InChI is InChI=1S/2C3H9N.C3H4O4/c2*1-4(2)3;4-2(5)1-3(6)7/h2*1-3H3;1H2,(H,4,5)(H,6,7). The van der Waals surface area contributed by atoms with Crippen LogP contribution in [0.2, 0.25) is 0 Å². The molecule has 0 aliphatic carbocycles. The van der Waals surface area contributed by atoms with Crippen molar-refractivity contribution >= 4 is 11.9 Å². The lowest BCUT2D eigenvalue weighted by atomic mass is 10.5. The van der Waals surface area contributed by atoms with E-state index < -0.39 is 18.4 Å². The molecule has 0 rings (SSSR count). The molecule has 0 aromatic rings. The fraction of sp³-hybridized carbons (Fsp3) is 0.778. The van der Waals surface area contributed by atoms with Gasteiger partial charge < -0.3 is 20.0 Å². The average molecular weight is 222 g/mol. The quantitative estimate of drug-likeness (QED) is 0.635. The average Bonchev–Trinajstić information content (AvgIpc) is 1.78. The van der Waals surface area contributed by atoms with Crippen LogP contribution in [0.1, 0.15) is 6.42 Å². The molecule has 6 nitrogen and oxygen atoms in total. The van der Waals surface area contributed by atoms with E-state index in [0.717, 1.165) is 0 Å². The maximum absolute atomic E-state index is 9.43. The Balaban J connectivity index is -0.000000155. The van der Waals surface area contributed by atoms with E-state index in [-0.39, 0.29) is 0 Å². The summed E-state index contributed by atoms with van der Waals surface area (Å²) in [4.78, 5) is 22.9. The second kappa shape index (κ2) is 12.9. The minimum absolute atomic E-state index is 0.806. The van der Waals surface area contributed by atoms with Crippen LogP contribution in [0, 0.1) is 0 Å². The minimum Gasteiger partial charge on any atom is -0.481 e. The molecule has 0 bridgehead atoms. The van der Waals surface area contributed by atoms with Gasteiger partial charge in [0.25, 0.3) is 0 Å². The topological polar surface area (TPSA) is 81.1 Å². The van der Waals surface area contributed by atoms with Crippen LogP contribution in [0.25, 0.3) is 0 Å². The summed E-state index contributed by atoms with van der Waals surface area (Å²) in [5.41, 5.74) is 0. The lowest BCUT2D eigenvalue weighted by Crippen LogP contribution is -2.03. The zero-order valence-electron chi connectivity index (χ0n) is 10.3. The van der Waals surface area contributed by atoms with Crippen LogP contribution in [0.5, 0.6) is 0 Å². The van der Waals surface area contributed by atoms with E-state index in [1.807, 2.05) is 52.1 Å². The Bertz CT molecular complexity index is 146. The van der Waals surface area contributed by atoms with Crippen molar-refractivity contribution in [1.29, 1.82) is 0 Å². The van der Waals surface area contributed by atoms with Crippen molar-refractivity contribution in [3.05, 3.63) is 0 Å². The number of aliphatic carboxylic acids is 2. The molecule has 15 heavy (non-hydrogen) atoms. The van der Waals surface area contributed by atoms with Crippen molar-refractivity contribution in [1.82, 2.24) is 9.80 Å². The number of carbonyl (C=O) groups is 2.